The average molecular weight is 558 g/mol. The molecule has 38 heavy (non-hydrogen) atoms. The fraction of sp³-hybridized carbons (Fsp3) is 0.385. The lowest BCUT2D eigenvalue weighted by Crippen LogP contribution is -2.35. The van der Waals surface area contributed by atoms with E-state index in [2.05, 4.69) is 0 Å². The van der Waals surface area contributed by atoms with Crippen LogP contribution in [-0.4, -0.2) is 0 Å². The lowest BCUT2D eigenvalue weighted by molar-refractivity contribution is -0.144. The highest BCUT2D eigenvalue weighted by molar-refractivity contribution is 5.87. The molecule has 206 valence electrons. The second kappa shape index (κ2) is 8.29. The zero-order valence-electron chi connectivity index (χ0n) is 19.6. The Kier molecular flexibility index (Phi) is 6.13. The first-order valence-electron chi connectivity index (χ1n) is 11.1. The Morgan fingerprint density at radius 3 is 0.895 bits per heavy atom. The molecule has 0 aliphatic heterocycles. The van der Waals surface area contributed by atoms with Crippen molar-refractivity contribution < 1.29 is 52.7 Å². The third-order valence-corrected chi connectivity index (χ3v) is 7.12. The van der Waals surface area contributed by atoms with Gasteiger partial charge in [-0.3, -0.25) is 0 Å². The lowest BCUT2D eigenvalue weighted by Gasteiger charge is -2.49. The quantitative estimate of drug-likeness (QED) is 0.322. The van der Waals surface area contributed by atoms with Crippen molar-refractivity contribution in [1.29, 1.82) is 0 Å². The highest BCUT2D eigenvalue weighted by Crippen LogP contribution is 2.61. The van der Waals surface area contributed by atoms with Gasteiger partial charge < -0.3 is 0 Å². The van der Waals surface area contributed by atoms with E-state index in [0.717, 1.165) is 0 Å². The van der Waals surface area contributed by atoms with Gasteiger partial charge in [-0.05, 0) is 71.5 Å². The molecule has 12 heteroatoms. The highest BCUT2D eigenvalue weighted by Gasteiger charge is 2.48. The fourth-order valence-electron chi connectivity index (χ4n) is 5.10. The maximum atomic E-state index is 13.4. The molecule has 2 aromatic carbocycles. The lowest BCUT2D eigenvalue weighted by atomic mass is 9.55. The molecule has 0 nitrogen and oxygen atoms in total. The smallest absolute Gasteiger partial charge is 0.166 e. The number of fused-ring (bicyclic) bond motifs is 1. The summed E-state index contributed by atoms with van der Waals surface area (Å²) in [5.41, 5.74) is -9.24. The summed E-state index contributed by atoms with van der Waals surface area (Å²) in [6.07, 6.45) is -17.3. The van der Waals surface area contributed by atoms with Gasteiger partial charge in [-0.1, -0.05) is 26.0 Å². The number of allylic oxidation sites excluding steroid dienone is 4. The topological polar surface area (TPSA) is 0 Å². The minimum absolute atomic E-state index is 0.0161. The molecule has 0 saturated heterocycles. The van der Waals surface area contributed by atoms with Gasteiger partial charge in [0, 0.05) is 10.8 Å². The molecule has 0 fully saturated rings. The minimum Gasteiger partial charge on any atom is -0.166 e. The van der Waals surface area contributed by atoms with Gasteiger partial charge in [-0.2, -0.15) is 52.7 Å². The molecule has 0 aromatic heterocycles. The Morgan fingerprint density at radius 2 is 0.684 bits per heavy atom. The maximum Gasteiger partial charge on any atom is 0.416 e. The SMILES string of the molecule is C[C@@]12C=C(c3cc(C(F)(F)F)cc(C(F)(F)F)c3)[C@@](C)(C=C1c1cc(C(F)(F)F)cc(C(F)(F)F)c1)CC2. The predicted octanol–water partition coefficient (Wildman–Crippen LogP) is 10.0. The van der Waals surface area contributed by atoms with Gasteiger partial charge in [-0.15, -0.1) is 0 Å². The van der Waals surface area contributed by atoms with E-state index in [1.807, 2.05) is 0 Å². The van der Waals surface area contributed by atoms with Gasteiger partial charge in [0.1, 0.15) is 0 Å². The first-order chi connectivity index (χ1) is 17.0. The number of alkyl halides is 12. The Balaban J connectivity index is 1.91. The number of hydrogen-bond acceptors (Lipinski definition) is 0. The Morgan fingerprint density at radius 1 is 0.447 bits per heavy atom. The van der Waals surface area contributed by atoms with Gasteiger partial charge in [0.2, 0.25) is 0 Å². The molecule has 0 heterocycles. The molecular weight excluding hydrogens is 540 g/mol. The number of halogens is 12. The van der Waals surface area contributed by atoms with Crippen molar-refractivity contribution in [3.8, 4) is 0 Å². The Hall–Kier alpha value is -2.92. The van der Waals surface area contributed by atoms with Crippen LogP contribution in [0.2, 0.25) is 0 Å². The minimum atomic E-state index is -5.10. The largest absolute Gasteiger partial charge is 0.416 e. The molecule has 0 N–H and O–H groups in total. The maximum absolute atomic E-state index is 13.4. The van der Waals surface area contributed by atoms with Crippen molar-refractivity contribution in [2.75, 3.05) is 0 Å². The van der Waals surface area contributed by atoms with Crippen LogP contribution in [0.5, 0.6) is 0 Å². The van der Waals surface area contributed by atoms with Crippen molar-refractivity contribution in [2.24, 2.45) is 10.8 Å². The van der Waals surface area contributed by atoms with Gasteiger partial charge in [0.05, 0.1) is 22.3 Å². The van der Waals surface area contributed by atoms with E-state index >= 15 is 0 Å². The molecule has 3 aliphatic rings. The summed E-state index contributed by atoms with van der Waals surface area (Å²) in [5.74, 6) is 0. The summed E-state index contributed by atoms with van der Waals surface area (Å²) < 4.78 is 161. The zero-order valence-corrected chi connectivity index (χ0v) is 19.6. The third kappa shape index (κ3) is 5.05. The Bertz CT molecular complexity index is 1170. The van der Waals surface area contributed by atoms with E-state index in [0.29, 0.717) is 24.3 Å². The van der Waals surface area contributed by atoms with E-state index in [1.165, 1.54) is 26.0 Å². The molecule has 0 saturated carbocycles. The van der Waals surface area contributed by atoms with Crippen molar-refractivity contribution >= 4 is 11.1 Å². The van der Waals surface area contributed by atoms with Crippen LogP contribution >= 0.6 is 0 Å². The predicted molar refractivity (Wildman–Crippen MR) is 114 cm³/mol. The molecule has 2 atom stereocenters. The van der Waals surface area contributed by atoms with Crippen molar-refractivity contribution in [1.82, 2.24) is 0 Å². The van der Waals surface area contributed by atoms with Crippen LogP contribution in [-0.2, 0) is 24.7 Å². The summed E-state index contributed by atoms with van der Waals surface area (Å²) in [6, 6.07) is 2.23. The molecule has 2 aromatic rings. The average Bonchev–Trinajstić information content (AvgIpc) is 2.76. The van der Waals surface area contributed by atoms with Crippen LogP contribution in [0.3, 0.4) is 0 Å². The van der Waals surface area contributed by atoms with Crippen LogP contribution < -0.4 is 0 Å². The summed E-state index contributed by atoms with van der Waals surface area (Å²) in [5, 5.41) is 0. The normalized spacial score (nSPS) is 24.4. The van der Waals surface area contributed by atoms with Crippen molar-refractivity contribution in [3.63, 3.8) is 0 Å². The standard InChI is InChI=1S/C26H18F12/c1-21-3-4-22(2,12-19(21)13-5-15(23(27,28)29)9-16(6-13)24(30,31)32)20(11-21)14-7-17(25(33,34)35)10-18(8-14)26(36,37)38/h5-12H,3-4H2,1-2H3/t21-,22-/m1/s1. The van der Waals surface area contributed by atoms with Gasteiger partial charge in [0.25, 0.3) is 0 Å². The molecular formula is C26H18F12. The number of rotatable bonds is 2. The van der Waals surface area contributed by atoms with E-state index in [9.17, 15) is 52.7 Å². The van der Waals surface area contributed by atoms with Crippen LogP contribution in [0.1, 0.15) is 60.1 Å². The molecule has 0 amide bonds. The molecule has 2 bridgehead atoms. The zero-order chi connectivity index (χ0) is 28.7. The molecule has 0 radical (unpaired) electrons. The second-order valence-electron chi connectivity index (χ2n) is 10.0. The molecule has 5 rings (SSSR count). The van der Waals surface area contributed by atoms with Crippen LogP contribution in [0.15, 0.2) is 48.6 Å². The van der Waals surface area contributed by atoms with Crippen LogP contribution in [0.25, 0.3) is 11.1 Å². The monoisotopic (exact) mass is 558 g/mol. The second-order valence-corrected chi connectivity index (χ2v) is 10.0. The molecule has 0 unspecified atom stereocenters. The number of benzene rings is 2. The van der Waals surface area contributed by atoms with Gasteiger partial charge in [0.15, 0.2) is 0 Å². The third-order valence-electron chi connectivity index (χ3n) is 7.12. The van der Waals surface area contributed by atoms with E-state index in [1.54, 1.807) is 0 Å². The van der Waals surface area contributed by atoms with Crippen LogP contribution in [0.4, 0.5) is 52.7 Å². The fourth-order valence-corrected chi connectivity index (χ4v) is 5.10. The molecule has 0 spiro atoms. The van der Waals surface area contributed by atoms with E-state index in [-0.39, 0.29) is 47.2 Å². The Labute approximate surface area is 208 Å². The van der Waals surface area contributed by atoms with E-state index < -0.39 is 57.8 Å². The first-order valence-corrected chi connectivity index (χ1v) is 11.1. The van der Waals surface area contributed by atoms with E-state index in [4.69, 9.17) is 0 Å². The molecule has 3 aliphatic carbocycles. The van der Waals surface area contributed by atoms with Crippen LogP contribution in [0, 0.1) is 10.8 Å². The summed E-state index contributed by atoms with van der Waals surface area (Å²) in [6.45, 7) is 2.95. The van der Waals surface area contributed by atoms with Gasteiger partial charge in [-0.25, -0.2) is 0 Å². The number of hydrogen-bond donors (Lipinski definition) is 0. The summed E-state index contributed by atoms with van der Waals surface area (Å²) >= 11 is 0. The van der Waals surface area contributed by atoms with Crippen molar-refractivity contribution in [2.45, 2.75) is 51.4 Å². The van der Waals surface area contributed by atoms with Crippen molar-refractivity contribution in [3.05, 3.63) is 81.9 Å². The van der Waals surface area contributed by atoms with Gasteiger partial charge >= 0.3 is 24.7 Å². The highest BCUT2D eigenvalue weighted by atomic mass is 19.4. The first kappa shape index (κ1) is 28.1. The summed E-state index contributed by atoms with van der Waals surface area (Å²) in [7, 11) is 0. The summed E-state index contributed by atoms with van der Waals surface area (Å²) in [4.78, 5) is 0.